The van der Waals surface area contributed by atoms with E-state index in [-0.39, 0.29) is 0 Å². The highest BCUT2D eigenvalue weighted by Gasteiger charge is 2.10. The van der Waals surface area contributed by atoms with E-state index in [2.05, 4.69) is 22.6 Å². The van der Waals surface area contributed by atoms with E-state index in [1.165, 1.54) is 0 Å². The second kappa shape index (κ2) is 11.4. The van der Waals surface area contributed by atoms with Crippen LogP contribution in [0.5, 0.6) is 0 Å². The summed E-state index contributed by atoms with van der Waals surface area (Å²) in [7, 11) is 0. The fourth-order valence-electron chi connectivity index (χ4n) is 1.84. The number of carbonyl (C=O) groups excluding carboxylic acids is 1. The van der Waals surface area contributed by atoms with E-state index in [0.717, 1.165) is 5.56 Å². The van der Waals surface area contributed by atoms with Gasteiger partial charge in [0.1, 0.15) is 0 Å². The average Bonchev–Trinajstić information content (AvgIpc) is 2.62. The average molecular weight is 417 g/mol. The van der Waals surface area contributed by atoms with Gasteiger partial charge < -0.3 is 16.6 Å². The molecule has 2 aromatic rings. The molecule has 0 aliphatic heterocycles. The second-order valence-electron chi connectivity index (χ2n) is 5.40. The van der Waals surface area contributed by atoms with Crippen LogP contribution in [0, 0.1) is 0 Å². The van der Waals surface area contributed by atoms with Crippen molar-refractivity contribution in [1.82, 2.24) is 9.97 Å². The van der Waals surface area contributed by atoms with Crippen molar-refractivity contribution in [3.05, 3.63) is 46.3 Å². The summed E-state index contributed by atoms with van der Waals surface area (Å²) in [6.07, 6.45) is 3.75. The van der Waals surface area contributed by atoms with E-state index < -0.39 is 18.1 Å². The third-order valence-corrected chi connectivity index (χ3v) is 4.22. The van der Waals surface area contributed by atoms with Crippen molar-refractivity contribution in [2.75, 3.05) is 5.75 Å². The van der Waals surface area contributed by atoms with Crippen molar-refractivity contribution >= 4 is 41.7 Å². The number of hydrogen-bond donors (Lipinski definition) is 4. The Hall–Kier alpha value is -1.38. The third kappa shape index (κ3) is 7.09. The number of aliphatic hydroxyl groups is 1. The number of carbonyl (C=O) groups is 1. The zero-order valence-corrected chi connectivity index (χ0v) is 16.7. The van der Waals surface area contributed by atoms with E-state index in [1.807, 2.05) is 6.92 Å². The van der Waals surface area contributed by atoms with E-state index in [1.54, 1.807) is 30.6 Å². The van der Waals surface area contributed by atoms with Crippen LogP contribution in [0.3, 0.4) is 0 Å². The van der Waals surface area contributed by atoms with E-state index in [0.29, 0.717) is 40.0 Å². The summed E-state index contributed by atoms with van der Waals surface area (Å²) < 4.78 is 0. The molecule has 1 aromatic heterocycles. The molecular weight excluding hydrogens is 395 g/mol. The molecule has 9 heteroatoms. The lowest BCUT2D eigenvalue weighted by atomic mass is 10.1. The Balaban J connectivity index is 0.000000359. The van der Waals surface area contributed by atoms with Crippen LogP contribution in [0.4, 0.5) is 0 Å². The van der Waals surface area contributed by atoms with Crippen LogP contribution in [-0.4, -0.2) is 32.8 Å². The molecule has 0 saturated carbocycles. The maximum absolute atomic E-state index is 10.2. The molecule has 26 heavy (non-hydrogen) atoms. The van der Waals surface area contributed by atoms with E-state index in [9.17, 15) is 9.90 Å². The number of nitrogens with zero attached hydrogens (tertiary/aromatic N) is 2. The molecule has 1 heterocycles. The lowest BCUT2D eigenvalue weighted by Gasteiger charge is -2.08. The van der Waals surface area contributed by atoms with Gasteiger partial charge in [0.2, 0.25) is 5.91 Å². The summed E-state index contributed by atoms with van der Waals surface area (Å²) in [5, 5.41) is 10.7. The largest absolute Gasteiger partial charge is 0.387 e. The molecule has 1 aromatic carbocycles. The molecule has 0 aliphatic rings. The highest BCUT2D eigenvalue weighted by atomic mass is 35.5. The molecule has 0 spiro atoms. The number of nitrogens with two attached hydrogens (primary N) is 2. The highest BCUT2D eigenvalue weighted by Crippen LogP contribution is 2.28. The molecular formula is C17H22Cl2N4O2S. The van der Waals surface area contributed by atoms with Crippen LogP contribution in [0.2, 0.25) is 10.0 Å². The zero-order valence-electron chi connectivity index (χ0n) is 14.3. The first-order valence-corrected chi connectivity index (χ1v) is 9.30. The number of primary amides is 1. The van der Waals surface area contributed by atoms with Crippen molar-refractivity contribution in [3.8, 4) is 11.3 Å². The molecule has 1 amide bonds. The van der Waals surface area contributed by atoms with E-state index >= 15 is 0 Å². The number of aliphatic hydroxyl groups excluding tert-OH is 1. The maximum Gasteiger partial charge on any atom is 0.234 e. The predicted octanol–water partition coefficient (Wildman–Crippen LogP) is 3.01. The summed E-state index contributed by atoms with van der Waals surface area (Å²) in [5.74, 6) is 0.142. The van der Waals surface area contributed by atoms with Crippen LogP contribution in [0.25, 0.3) is 11.3 Å². The molecule has 2 atom stereocenters. The Morgan fingerprint density at radius 3 is 2.42 bits per heavy atom. The van der Waals surface area contributed by atoms with Gasteiger partial charge in [-0.25, -0.2) is 0 Å². The molecule has 5 N–H and O–H groups in total. The van der Waals surface area contributed by atoms with Crippen molar-refractivity contribution in [2.45, 2.75) is 31.9 Å². The van der Waals surface area contributed by atoms with Crippen molar-refractivity contribution < 1.29 is 9.90 Å². The Morgan fingerprint density at radius 2 is 2.00 bits per heavy atom. The van der Waals surface area contributed by atoms with Gasteiger partial charge in [0.25, 0.3) is 0 Å². The molecule has 0 aliphatic carbocycles. The Labute approximate surface area is 168 Å². The number of halogens is 2. The van der Waals surface area contributed by atoms with Crippen LogP contribution in [0.1, 0.15) is 31.6 Å². The van der Waals surface area contributed by atoms with Gasteiger partial charge in [-0.3, -0.25) is 14.8 Å². The van der Waals surface area contributed by atoms with Crippen molar-refractivity contribution in [1.29, 1.82) is 0 Å². The Kier molecular flexibility index (Phi) is 9.90. The fourth-order valence-corrected chi connectivity index (χ4v) is 2.62. The fraction of sp³-hybridized carbons (Fsp3) is 0.353. The van der Waals surface area contributed by atoms with Crippen LogP contribution >= 0.6 is 35.8 Å². The SMILES string of the molecule is CCC(O)c1cnc(-c2ccc(Cl)cc2Cl)cn1.NC(=O)C(N)CCS. The first-order valence-electron chi connectivity index (χ1n) is 7.91. The van der Waals surface area contributed by atoms with Gasteiger partial charge in [0.05, 0.1) is 40.9 Å². The van der Waals surface area contributed by atoms with Crippen molar-refractivity contribution in [3.63, 3.8) is 0 Å². The normalized spacial score (nSPS) is 12.7. The standard InChI is InChI=1S/C13H12Cl2N2O.C4H10N2OS/c1-2-13(18)12-7-16-11(6-17-12)9-4-3-8(14)5-10(9)15;5-3(1-2-8)4(6)7/h3-7,13,18H,2H2,1H3;3,8H,1-2,5H2,(H2,6,7). The molecule has 0 radical (unpaired) electrons. The summed E-state index contributed by atoms with van der Waals surface area (Å²) in [6, 6.07) is 4.69. The quantitative estimate of drug-likeness (QED) is 0.540. The van der Waals surface area contributed by atoms with Gasteiger partial charge in [-0.1, -0.05) is 30.1 Å². The topological polar surface area (TPSA) is 115 Å². The summed E-state index contributed by atoms with van der Waals surface area (Å²) >= 11 is 15.8. The molecule has 6 nitrogen and oxygen atoms in total. The molecule has 2 unspecified atom stereocenters. The molecule has 2 rings (SSSR count). The smallest absolute Gasteiger partial charge is 0.234 e. The Morgan fingerprint density at radius 1 is 1.31 bits per heavy atom. The van der Waals surface area contributed by atoms with Crippen LogP contribution < -0.4 is 11.5 Å². The minimum atomic E-state index is -0.577. The monoisotopic (exact) mass is 416 g/mol. The summed E-state index contributed by atoms with van der Waals surface area (Å²) in [6.45, 7) is 1.89. The number of benzene rings is 1. The lowest BCUT2D eigenvalue weighted by Crippen LogP contribution is -2.36. The second-order valence-corrected chi connectivity index (χ2v) is 6.69. The Bertz CT molecular complexity index is 716. The molecule has 142 valence electrons. The first-order chi connectivity index (χ1) is 12.3. The van der Waals surface area contributed by atoms with Gasteiger partial charge in [-0.05, 0) is 36.8 Å². The molecule has 0 fully saturated rings. The minimum absolute atomic E-state index is 0.459. The van der Waals surface area contributed by atoms with Crippen LogP contribution in [0.15, 0.2) is 30.6 Å². The van der Waals surface area contributed by atoms with Gasteiger partial charge in [-0.2, -0.15) is 12.6 Å². The van der Waals surface area contributed by atoms with E-state index in [4.69, 9.17) is 34.7 Å². The number of thiol groups is 1. The predicted molar refractivity (Wildman–Crippen MR) is 108 cm³/mol. The number of aromatic nitrogens is 2. The summed E-state index contributed by atoms with van der Waals surface area (Å²) in [4.78, 5) is 18.6. The van der Waals surface area contributed by atoms with Gasteiger partial charge in [0, 0.05) is 10.6 Å². The molecule has 0 bridgehead atoms. The zero-order chi connectivity index (χ0) is 19.7. The summed E-state index contributed by atoms with van der Waals surface area (Å²) in [5.41, 5.74) is 12.0. The third-order valence-electron chi connectivity index (χ3n) is 3.41. The highest BCUT2D eigenvalue weighted by molar-refractivity contribution is 7.80. The lowest BCUT2D eigenvalue weighted by molar-refractivity contribution is -0.119. The first kappa shape index (κ1) is 22.7. The van der Waals surface area contributed by atoms with Crippen LogP contribution in [-0.2, 0) is 4.79 Å². The minimum Gasteiger partial charge on any atom is -0.387 e. The van der Waals surface area contributed by atoms with Crippen molar-refractivity contribution in [2.24, 2.45) is 11.5 Å². The number of rotatable bonds is 6. The van der Waals surface area contributed by atoms with Gasteiger partial charge >= 0.3 is 0 Å². The van der Waals surface area contributed by atoms with Gasteiger partial charge in [-0.15, -0.1) is 0 Å². The number of hydrogen-bond acceptors (Lipinski definition) is 6. The number of amides is 1. The maximum atomic E-state index is 10.2. The van der Waals surface area contributed by atoms with Gasteiger partial charge in [0.15, 0.2) is 0 Å². The molecule has 0 saturated heterocycles.